The second-order valence-corrected chi connectivity index (χ2v) is 4.77. The summed E-state index contributed by atoms with van der Waals surface area (Å²) in [5, 5.41) is 5.15. The van der Waals surface area contributed by atoms with Gasteiger partial charge in [0.15, 0.2) is 0 Å². The highest BCUT2D eigenvalue weighted by Gasteiger charge is 1.97. The summed E-state index contributed by atoms with van der Waals surface area (Å²) in [6.45, 7) is 2.94. The van der Waals surface area contributed by atoms with Crippen molar-refractivity contribution in [1.82, 2.24) is 5.32 Å². The first kappa shape index (κ1) is 10.9. The van der Waals surface area contributed by atoms with Crippen molar-refractivity contribution in [2.24, 2.45) is 0 Å². The minimum atomic E-state index is 0.187. The molecule has 0 aromatic carbocycles. The molecule has 0 aliphatic rings. The van der Waals surface area contributed by atoms with Crippen molar-refractivity contribution >= 4 is 33.0 Å². The maximum absolute atomic E-state index is 10.6. The molecule has 0 saturated heterocycles. The van der Waals surface area contributed by atoms with E-state index in [2.05, 4.69) is 32.7 Å². The number of rotatable bonds is 5. The Morgan fingerprint density at radius 3 is 3.00 bits per heavy atom. The van der Waals surface area contributed by atoms with E-state index in [0.29, 0.717) is 6.54 Å². The first-order valence-electron chi connectivity index (χ1n) is 4.11. The Hall–Kier alpha value is -0.190. The second-order valence-electron chi connectivity index (χ2n) is 2.86. The third kappa shape index (κ3) is 4.55. The minimum Gasteiger partial charge on any atom is -0.310 e. The van der Waals surface area contributed by atoms with Crippen LogP contribution in [0.3, 0.4) is 0 Å². The Bertz CT molecular complexity index is 285. The van der Waals surface area contributed by atoms with E-state index in [4.69, 9.17) is 0 Å². The first-order valence-corrected chi connectivity index (χ1v) is 5.79. The SMILES string of the molecule is CC(=O)CNCCc1cc(Br)cs1. The third-order valence-corrected chi connectivity index (χ3v) is 3.30. The molecule has 0 aliphatic heterocycles. The molecular formula is C9H12BrNOS. The summed E-state index contributed by atoms with van der Waals surface area (Å²) in [4.78, 5) is 11.9. The predicted molar refractivity (Wildman–Crippen MR) is 59.3 cm³/mol. The topological polar surface area (TPSA) is 29.1 Å². The van der Waals surface area contributed by atoms with Crippen LogP contribution in [0, 0.1) is 0 Å². The summed E-state index contributed by atoms with van der Waals surface area (Å²) in [5.41, 5.74) is 0. The summed E-state index contributed by atoms with van der Waals surface area (Å²) in [6.07, 6.45) is 0.990. The molecule has 0 fully saturated rings. The molecule has 0 atom stereocenters. The fourth-order valence-corrected chi connectivity index (χ4v) is 2.42. The number of hydrogen-bond acceptors (Lipinski definition) is 3. The first-order chi connectivity index (χ1) is 6.18. The summed E-state index contributed by atoms with van der Waals surface area (Å²) in [7, 11) is 0. The van der Waals surface area contributed by atoms with Crippen molar-refractivity contribution in [3.8, 4) is 0 Å². The smallest absolute Gasteiger partial charge is 0.143 e. The van der Waals surface area contributed by atoms with Crippen LogP contribution >= 0.6 is 27.3 Å². The lowest BCUT2D eigenvalue weighted by Crippen LogP contribution is -2.22. The van der Waals surface area contributed by atoms with Crippen LogP contribution in [-0.4, -0.2) is 18.9 Å². The quantitative estimate of drug-likeness (QED) is 0.824. The zero-order valence-corrected chi connectivity index (χ0v) is 9.87. The van der Waals surface area contributed by atoms with Crippen LogP contribution in [0.15, 0.2) is 15.9 Å². The van der Waals surface area contributed by atoms with Crippen LogP contribution in [0.1, 0.15) is 11.8 Å². The summed E-state index contributed by atoms with van der Waals surface area (Å²) < 4.78 is 1.14. The lowest BCUT2D eigenvalue weighted by Gasteiger charge is -1.99. The van der Waals surface area contributed by atoms with E-state index in [-0.39, 0.29) is 5.78 Å². The van der Waals surface area contributed by atoms with Gasteiger partial charge in [-0.15, -0.1) is 11.3 Å². The third-order valence-electron chi connectivity index (χ3n) is 1.54. The molecule has 0 radical (unpaired) electrons. The zero-order valence-electron chi connectivity index (χ0n) is 7.47. The van der Waals surface area contributed by atoms with Gasteiger partial charge in [0.1, 0.15) is 5.78 Å². The minimum absolute atomic E-state index is 0.187. The second kappa shape index (κ2) is 5.52. The fourth-order valence-electron chi connectivity index (χ4n) is 0.961. The van der Waals surface area contributed by atoms with E-state index in [0.717, 1.165) is 17.4 Å². The molecule has 1 rings (SSSR count). The van der Waals surface area contributed by atoms with Gasteiger partial charge in [-0.05, 0) is 35.3 Å². The highest BCUT2D eigenvalue weighted by atomic mass is 79.9. The molecule has 1 heterocycles. The van der Waals surface area contributed by atoms with Gasteiger partial charge in [-0.25, -0.2) is 0 Å². The molecule has 72 valence electrons. The summed E-state index contributed by atoms with van der Waals surface area (Å²) in [5.74, 6) is 0.187. The molecule has 13 heavy (non-hydrogen) atoms. The normalized spacial score (nSPS) is 10.3. The Labute approximate surface area is 90.5 Å². The van der Waals surface area contributed by atoms with Gasteiger partial charge in [-0.1, -0.05) is 0 Å². The van der Waals surface area contributed by atoms with Gasteiger partial charge in [0.05, 0.1) is 6.54 Å². The zero-order chi connectivity index (χ0) is 9.68. The number of halogens is 1. The van der Waals surface area contributed by atoms with E-state index in [9.17, 15) is 4.79 Å². The van der Waals surface area contributed by atoms with E-state index < -0.39 is 0 Å². The number of carbonyl (C=O) groups excluding carboxylic acids is 1. The van der Waals surface area contributed by atoms with Crippen LogP contribution in [-0.2, 0) is 11.2 Å². The fraction of sp³-hybridized carbons (Fsp3) is 0.444. The van der Waals surface area contributed by atoms with Crippen molar-refractivity contribution in [1.29, 1.82) is 0 Å². The van der Waals surface area contributed by atoms with Crippen LogP contribution in [0.5, 0.6) is 0 Å². The van der Waals surface area contributed by atoms with Crippen molar-refractivity contribution in [2.45, 2.75) is 13.3 Å². The molecule has 2 nitrogen and oxygen atoms in total. The largest absolute Gasteiger partial charge is 0.310 e. The van der Waals surface area contributed by atoms with Crippen LogP contribution in [0.4, 0.5) is 0 Å². The van der Waals surface area contributed by atoms with E-state index in [1.807, 2.05) is 0 Å². The molecule has 4 heteroatoms. The molecular weight excluding hydrogens is 250 g/mol. The molecule has 0 unspecified atom stereocenters. The molecule has 1 aromatic heterocycles. The lowest BCUT2D eigenvalue weighted by atomic mass is 10.3. The van der Waals surface area contributed by atoms with Crippen LogP contribution in [0.25, 0.3) is 0 Å². The Morgan fingerprint density at radius 2 is 2.46 bits per heavy atom. The highest BCUT2D eigenvalue weighted by molar-refractivity contribution is 9.10. The molecule has 1 aromatic rings. The predicted octanol–water partition coefficient (Wildman–Crippen LogP) is 2.23. The van der Waals surface area contributed by atoms with Gasteiger partial charge in [-0.3, -0.25) is 4.79 Å². The van der Waals surface area contributed by atoms with Crippen molar-refractivity contribution in [3.05, 3.63) is 20.8 Å². The van der Waals surface area contributed by atoms with Gasteiger partial charge < -0.3 is 5.32 Å². The number of Topliss-reactive ketones (excluding diaryl/α,β-unsaturated/α-hetero) is 1. The van der Waals surface area contributed by atoms with Gasteiger partial charge in [-0.2, -0.15) is 0 Å². The van der Waals surface area contributed by atoms with E-state index in [1.54, 1.807) is 18.3 Å². The molecule has 0 saturated carbocycles. The van der Waals surface area contributed by atoms with Gasteiger partial charge in [0.2, 0.25) is 0 Å². The van der Waals surface area contributed by atoms with Gasteiger partial charge >= 0.3 is 0 Å². The van der Waals surface area contributed by atoms with Crippen LogP contribution in [0.2, 0.25) is 0 Å². The number of nitrogens with one attached hydrogen (secondary N) is 1. The van der Waals surface area contributed by atoms with Crippen molar-refractivity contribution in [3.63, 3.8) is 0 Å². The Morgan fingerprint density at radius 1 is 1.69 bits per heavy atom. The molecule has 0 spiro atoms. The standard InChI is InChI=1S/C9H12BrNOS/c1-7(12)5-11-3-2-9-4-8(10)6-13-9/h4,6,11H,2-3,5H2,1H3. The number of carbonyl (C=O) groups is 1. The van der Waals surface area contributed by atoms with Crippen LogP contribution < -0.4 is 5.32 Å². The summed E-state index contributed by atoms with van der Waals surface area (Å²) >= 11 is 5.14. The number of thiophene rings is 1. The van der Waals surface area contributed by atoms with E-state index >= 15 is 0 Å². The molecule has 0 aliphatic carbocycles. The maximum atomic E-state index is 10.6. The molecule has 1 N–H and O–H groups in total. The lowest BCUT2D eigenvalue weighted by molar-refractivity contribution is -0.116. The monoisotopic (exact) mass is 261 g/mol. The average molecular weight is 262 g/mol. The summed E-state index contributed by atoms with van der Waals surface area (Å²) in [6, 6.07) is 2.11. The van der Waals surface area contributed by atoms with E-state index in [1.165, 1.54) is 4.88 Å². The molecule has 0 bridgehead atoms. The Kier molecular flexibility index (Phi) is 4.62. The maximum Gasteiger partial charge on any atom is 0.143 e. The Balaban J connectivity index is 2.16. The number of ketones is 1. The van der Waals surface area contributed by atoms with Gasteiger partial charge in [0.25, 0.3) is 0 Å². The highest BCUT2D eigenvalue weighted by Crippen LogP contribution is 2.19. The number of hydrogen-bond donors (Lipinski definition) is 1. The van der Waals surface area contributed by atoms with Crippen molar-refractivity contribution in [2.75, 3.05) is 13.1 Å². The van der Waals surface area contributed by atoms with Gasteiger partial charge in [0, 0.05) is 21.3 Å². The average Bonchev–Trinajstić information content (AvgIpc) is 2.45. The van der Waals surface area contributed by atoms with Crippen molar-refractivity contribution < 1.29 is 4.79 Å². The molecule has 0 amide bonds.